The van der Waals surface area contributed by atoms with Crippen molar-refractivity contribution in [2.24, 2.45) is 5.73 Å². The molecule has 1 aromatic carbocycles. The monoisotopic (exact) mass is 259 g/mol. The molecule has 0 amide bonds. The van der Waals surface area contributed by atoms with Crippen LogP contribution in [0, 0.1) is 6.92 Å². The van der Waals surface area contributed by atoms with E-state index in [2.05, 4.69) is 4.74 Å². The molecule has 0 atom stereocenters. The summed E-state index contributed by atoms with van der Waals surface area (Å²) >= 11 is 0. The molecular formula is C12H18ClNO3. The van der Waals surface area contributed by atoms with Gasteiger partial charge in [-0.25, -0.2) is 4.79 Å². The molecule has 0 aliphatic rings. The fourth-order valence-corrected chi connectivity index (χ4v) is 1.29. The highest BCUT2D eigenvalue weighted by molar-refractivity contribution is 5.91. The van der Waals surface area contributed by atoms with Crippen molar-refractivity contribution in [1.82, 2.24) is 0 Å². The Balaban J connectivity index is 0.00000256. The molecule has 0 radical (unpaired) electrons. The van der Waals surface area contributed by atoms with Crippen LogP contribution in [-0.4, -0.2) is 26.2 Å². The third-order valence-electron chi connectivity index (χ3n) is 2.23. The first-order chi connectivity index (χ1) is 7.69. The van der Waals surface area contributed by atoms with Gasteiger partial charge in [0, 0.05) is 0 Å². The molecule has 0 unspecified atom stereocenters. The largest absolute Gasteiger partial charge is 0.494 e. The van der Waals surface area contributed by atoms with Crippen molar-refractivity contribution in [2.45, 2.75) is 13.3 Å². The zero-order valence-corrected chi connectivity index (χ0v) is 10.9. The van der Waals surface area contributed by atoms with E-state index in [-0.39, 0.29) is 18.4 Å². The number of rotatable bonds is 5. The van der Waals surface area contributed by atoms with Crippen LogP contribution in [0.3, 0.4) is 0 Å². The van der Waals surface area contributed by atoms with Crippen molar-refractivity contribution in [3.05, 3.63) is 29.3 Å². The van der Waals surface area contributed by atoms with Crippen LogP contribution < -0.4 is 10.5 Å². The molecular weight excluding hydrogens is 242 g/mol. The Bertz CT molecular complexity index is 369. The second-order valence-corrected chi connectivity index (χ2v) is 3.46. The normalized spacial score (nSPS) is 9.35. The maximum Gasteiger partial charge on any atom is 0.338 e. The van der Waals surface area contributed by atoms with Gasteiger partial charge in [0.15, 0.2) is 0 Å². The average Bonchev–Trinajstić information content (AvgIpc) is 2.30. The van der Waals surface area contributed by atoms with Crippen molar-refractivity contribution in [3.63, 3.8) is 0 Å². The van der Waals surface area contributed by atoms with E-state index in [4.69, 9.17) is 10.5 Å². The lowest BCUT2D eigenvalue weighted by Crippen LogP contribution is -2.08. The molecule has 0 saturated heterocycles. The number of halogens is 1. The summed E-state index contributed by atoms with van der Waals surface area (Å²) in [6, 6.07) is 5.36. The Morgan fingerprint density at radius 1 is 1.41 bits per heavy atom. The van der Waals surface area contributed by atoms with Crippen LogP contribution in [0.5, 0.6) is 5.75 Å². The minimum atomic E-state index is -0.346. The lowest BCUT2D eigenvalue weighted by atomic mass is 10.1. The summed E-state index contributed by atoms with van der Waals surface area (Å²) in [5.74, 6) is 0.321. The fourth-order valence-electron chi connectivity index (χ4n) is 1.29. The molecule has 0 bridgehead atoms. The predicted octanol–water partition coefficient (Wildman–Crippen LogP) is 1.93. The molecule has 5 heteroatoms. The second kappa shape index (κ2) is 7.92. The minimum Gasteiger partial charge on any atom is -0.494 e. The van der Waals surface area contributed by atoms with Gasteiger partial charge in [-0.2, -0.15) is 0 Å². The van der Waals surface area contributed by atoms with E-state index in [1.807, 2.05) is 19.1 Å². The van der Waals surface area contributed by atoms with Gasteiger partial charge in [0.05, 0.1) is 19.3 Å². The van der Waals surface area contributed by atoms with Crippen molar-refractivity contribution < 1.29 is 14.3 Å². The first-order valence-electron chi connectivity index (χ1n) is 5.21. The highest BCUT2D eigenvalue weighted by Gasteiger charge is 2.10. The summed E-state index contributed by atoms with van der Waals surface area (Å²) in [5.41, 5.74) is 6.77. The summed E-state index contributed by atoms with van der Waals surface area (Å²) in [6.45, 7) is 3.01. The molecule has 1 rings (SSSR count). The van der Waals surface area contributed by atoms with Crippen LogP contribution in [0.4, 0.5) is 0 Å². The number of aryl methyl sites for hydroxylation is 1. The third-order valence-corrected chi connectivity index (χ3v) is 2.23. The Morgan fingerprint density at radius 2 is 2.12 bits per heavy atom. The molecule has 0 saturated carbocycles. The Labute approximate surface area is 108 Å². The van der Waals surface area contributed by atoms with E-state index in [1.165, 1.54) is 7.11 Å². The number of hydrogen-bond donors (Lipinski definition) is 1. The maximum atomic E-state index is 11.4. The molecule has 0 aliphatic carbocycles. The first kappa shape index (κ1) is 15.7. The van der Waals surface area contributed by atoms with Gasteiger partial charge < -0.3 is 15.2 Å². The smallest absolute Gasteiger partial charge is 0.338 e. The Kier molecular flexibility index (Phi) is 7.34. The van der Waals surface area contributed by atoms with Gasteiger partial charge in [0.25, 0.3) is 0 Å². The molecule has 2 N–H and O–H groups in total. The molecule has 0 aliphatic heterocycles. The number of benzene rings is 1. The molecule has 0 heterocycles. The van der Waals surface area contributed by atoms with Crippen LogP contribution in [0.15, 0.2) is 18.2 Å². The van der Waals surface area contributed by atoms with Gasteiger partial charge in [-0.05, 0) is 37.6 Å². The third kappa shape index (κ3) is 4.63. The minimum absolute atomic E-state index is 0. The molecule has 17 heavy (non-hydrogen) atoms. The number of esters is 1. The van der Waals surface area contributed by atoms with Crippen molar-refractivity contribution >= 4 is 18.4 Å². The maximum absolute atomic E-state index is 11.4. The van der Waals surface area contributed by atoms with Crippen LogP contribution in [0.25, 0.3) is 0 Å². The number of nitrogens with two attached hydrogens (primary N) is 1. The van der Waals surface area contributed by atoms with Crippen LogP contribution in [0.2, 0.25) is 0 Å². The van der Waals surface area contributed by atoms with Gasteiger partial charge >= 0.3 is 5.97 Å². The molecule has 96 valence electrons. The van der Waals surface area contributed by atoms with Gasteiger partial charge in [-0.3, -0.25) is 0 Å². The number of hydrogen-bond acceptors (Lipinski definition) is 4. The predicted molar refractivity (Wildman–Crippen MR) is 68.9 cm³/mol. The first-order valence-corrected chi connectivity index (χ1v) is 5.21. The summed E-state index contributed by atoms with van der Waals surface area (Å²) in [7, 11) is 1.36. The Hall–Kier alpha value is -1.26. The SMILES string of the molecule is COC(=O)c1cc(OCCCN)ccc1C.Cl. The van der Waals surface area contributed by atoms with Crippen molar-refractivity contribution in [2.75, 3.05) is 20.3 Å². The number of ether oxygens (including phenoxy) is 2. The standard InChI is InChI=1S/C12H17NO3.ClH/c1-9-4-5-10(16-7-3-6-13)8-11(9)12(14)15-2;/h4-5,8H,3,6-7,13H2,1-2H3;1H. The number of carbonyl (C=O) groups is 1. The van der Waals surface area contributed by atoms with Crippen LogP contribution in [0.1, 0.15) is 22.3 Å². The zero-order chi connectivity index (χ0) is 12.0. The van der Waals surface area contributed by atoms with Crippen LogP contribution in [-0.2, 0) is 4.74 Å². The van der Waals surface area contributed by atoms with Gasteiger partial charge in [0.2, 0.25) is 0 Å². The van der Waals surface area contributed by atoms with E-state index < -0.39 is 0 Å². The summed E-state index contributed by atoms with van der Waals surface area (Å²) < 4.78 is 10.1. The van der Waals surface area contributed by atoms with E-state index >= 15 is 0 Å². The van der Waals surface area contributed by atoms with E-state index in [0.29, 0.717) is 24.5 Å². The van der Waals surface area contributed by atoms with E-state index in [1.54, 1.807) is 6.07 Å². The fraction of sp³-hybridized carbons (Fsp3) is 0.417. The Morgan fingerprint density at radius 3 is 2.71 bits per heavy atom. The van der Waals surface area contributed by atoms with Crippen LogP contribution >= 0.6 is 12.4 Å². The lowest BCUT2D eigenvalue weighted by Gasteiger charge is -2.08. The summed E-state index contributed by atoms with van der Waals surface area (Å²) in [4.78, 5) is 11.4. The summed E-state index contributed by atoms with van der Waals surface area (Å²) in [6.07, 6.45) is 0.793. The van der Waals surface area contributed by atoms with Crippen molar-refractivity contribution in [3.8, 4) is 5.75 Å². The van der Waals surface area contributed by atoms with Gasteiger partial charge in [-0.1, -0.05) is 6.07 Å². The molecule has 0 spiro atoms. The molecule has 0 fully saturated rings. The van der Waals surface area contributed by atoms with Gasteiger partial charge in [0.1, 0.15) is 5.75 Å². The molecule has 1 aromatic rings. The second-order valence-electron chi connectivity index (χ2n) is 3.46. The van der Waals surface area contributed by atoms with E-state index in [9.17, 15) is 4.79 Å². The lowest BCUT2D eigenvalue weighted by molar-refractivity contribution is 0.0599. The van der Waals surface area contributed by atoms with Crippen molar-refractivity contribution in [1.29, 1.82) is 0 Å². The molecule has 0 aromatic heterocycles. The van der Waals surface area contributed by atoms with Gasteiger partial charge in [-0.15, -0.1) is 12.4 Å². The average molecular weight is 260 g/mol. The summed E-state index contributed by atoms with van der Waals surface area (Å²) in [5, 5.41) is 0. The van der Waals surface area contributed by atoms with E-state index in [0.717, 1.165) is 12.0 Å². The zero-order valence-electron chi connectivity index (χ0n) is 10.1. The topological polar surface area (TPSA) is 61.5 Å². The highest BCUT2D eigenvalue weighted by atomic mass is 35.5. The quantitative estimate of drug-likeness (QED) is 0.648. The highest BCUT2D eigenvalue weighted by Crippen LogP contribution is 2.18. The number of methoxy groups -OCH3 is 1. The molecule has 4 nitrogen and oxygen atoms in total. The number of carbonyl (C=O) groups excluding carboxylic acids is 1.